The number of nitrogens with two attached hydrogens (primary N) is 1. The zero-order valence-electron chi connectivity index (χ0n) is 7.96. The number of nitrogens with one attached hydrogen (secondary N) is 1. The fraction of sp³-hybridized carbons (Fsp3) is 0.364. The van der Waals surface area contributed by atoms with Crippen LogP contribution in [0.5, 0.6) is 0 Å². The van der Waals surface area contributed by atoms with Crippen molar-refractivity contribution < 1.29 is 0 Å². The van der Waals surface area contributed by atoms with Crippen LogP contribution in [-0.2, 0) is 6.54 Å². The van der Waals surface area contributed by atoms with Crippen molar-refractivity contribution in [3.8, 4) is 0 Å². The fourth-order valence-electron chi connectivity index (χ4n) is 2.12. The van der Waals surface area contributed by atoms with Crippen LogP contribution in [0.4, 0.5) is 0 Å². The van der Waals surface area contributed by atoms with Crippen molar-refractivity contribution in [2.45, 2.75) is 25.3 Å². The molecule has 1 heterocycles. The minimum atomic E-state index is 0.632. The highest BCUT2D eigenvalue weighted by Gasteiger charge is 2.27. The molecule has 1 fully saturated rings. The molecule has 1 aromatic heterocycles. The monoisotopic (exact) mass is 187 g/mol. The number of aromatic amines is 1. The van der Waals surface area contributed by atoms with Crippen LogP contribution >= 0.6 is 0 Å². The Morgan fingerprint density at radius 3 is 3.00 bits per heavy atom. The first-order valence-corrected chi connectivity index (χ1v) is 5.05. The zero-order valence-corrected chi connectivity index (χ0v) is 7.96. The smallest absolute Gasteiger partial charge is 0.0653 e. The highest BCUT2D eigenvalue weighted by Crippen LogP contribution is 2.44. The van der Waals surface area contributed by atoms with Gasteiger partial charge in [0, 0.05) is 11.9 Å². The van der Waals surface area contributed by atoms with E-state index in [0.29, 0.717) is 6.54 Å². The summed E-state index contributed by atoms with van der Waals surface area (Å²) >= 11 is 0. The van der Waals surface area contributed by atoms with Crippen molar-refractivity contribution in [1.29, 1.82) is 0 Å². The third-order valence-electron chi connectivity index (χ3n) is 2.96. The molecule has 0 spiro atoms. The second-order valence-electron chi connectivity index (χ2n) is 3.95. The van der Waals surface area contributed by atoms with Crippen molar-refractivity contribution in [3.05, 3.63) is 29.5 Å². The first kappa shape index (κ1) is 8.00. The van der Waals surface area contributed by atoms with E-state index in [1.54, 1.807) is 0 Å². The Morgan fingerprint density at radius 2 is 2.29 bits per heavy atom. The maximum absolute atomic E-state index is 5.75. The molecular formula is C11H13N3. The van der Waals surface area contributed by atoms with E-state index in [1.165, 1.54) is 29.4 Å². The van der Waals surface area contributed by atoms with E-state index in [-0.39, 0.29) is 0 Å². The van der Waals surface area contributed by atoms with Crippen LogP contribution in [-0.4, -0.2) is 10.2 Å². The van der Waals surface area contributed by atoms with Gasteiger partial charge in [0.25, 0.3) is 0 Å². The second kappa shape index (κ2) is 2.82. The summed E-state index contributed by atoms with van der Waals surface area (Å²) in [4.78, 5) is 0. The van der Waals surface area contributed by atoms with E-state index in [2.05, 4.69) is 22.3 Å². The standard InChI is InChI=1S/C11H13N3/c12-5-8-3-4-10-9(6-13-14-10)11(8)7-1-2-7/h3-4,6-7H,1-2,5,12H2,(H,13,14). The molecule has 3 N–H and O–H groups in total. The number of nitrogens with zero attached hydrogens (tertiary/aromatic N) is 1. The molecule has 3 nitrogen and oxygen atoms in total. The van der Waals surface area contributed by atoms with Gasteiger partial charge in [-0.3, -0.25) is 5.10 Å². The Kier molecular flexibility index (Phi) is 1.61. The van der Waals surface area contributed by atoms with Crippen molar-refractivity contribution in [3.63, 3.8) is 0 Å². The molecule has 0 atom stereocenters. The van der Waals surface area contributed by atoms with E-state index in [0.717, 1.165) is 11.4 Å². The van der Waals surface area contributed by atoms with Gasteiger partial charge in [-0.2, -0.15) is 5.10 Å². The molecule has 1 aliphatic rings. The Hall–Kier alpha value is -1.35. The number of H-pyrrole nitrogens is 1. The molecule has 0 amide bonds. The molecule has 1 aliphatic carbocycles. The highest BCUT2D eigenvalue weighted by molar-refractivity contribution is 5.83. The van der Waals surface area contributed by atoms with Gasteiger partial charge in [0.15, 0.2) is 0 Å². The average molecular weight is 187 g/mol. The molecule has 14 heavy (non-hydrogen) atoms. The number of aromatic nitrogens is 2. The maximum atomic E-state index is 5.75. The molecule has 3 heteroatoms. The lowest BCUT2D eigenvalue weighted by Crippen LogP contribution is -2.00. The topological polar surface area (TPSA) is 54.7 Å². The van der Waals surface area contributed by atoms with Gasteiger partial charge in [0.2, 0.25) is 0 Å². The predicted octanol–water partition coefficient (Wildman–Crippen LogP) is 1.90. The van der Waals surface area contributed by atoms with Crippen molar-refractivity contribution in [1.82, 2.24) is 10.2 Å². The second-order valence-corrected chi connectivity index (χ2v) is 3.95. The molecular weight excluding hydrogens is 174 g/mol. The van der Waals surface area contributed by atoms with Gasteiger partial charge in [-0.1, -0.05) is 6.07 Å². The number of benzene rings is 1. The SMILES string of the molecule is NCc1ccc2[nH]ncc2c1C1CC1. The Labute approximate surface area is 82.3 Å². The highest BCUT2D eigenvalue weighted by atomic mass is 15.1. The van der Waals surface area contributed by atoms with Gasteiger partial charge in [-0.05, 0) is 36.0 Å². The van der Waals surface area contributed by atoms with Gasteiger partial charge in [0.05, 0.1) is 11.7 Å². The summed E-state index contributed by atoms with van der Waals surface area (Å²) in [6.07, 6.45) is 4.52. The van der Waals surface area contributed by atoms with Gasteiger partial charge >= 0.3 is 0 Å². The molecule has 1 aromatic carbocycles. The molecule has 0 saturated heterocycles. The molecule has 2 aromatic rings. The summed E-state index contributed by atoms with van der Waals surface area (Å²) in [6, 6.07) is 4.19. The lowest BCUT2D eigenvalue weighted by atomic mass is 9.99. The Morgan fingerprint density at radius 1 is 1.43 bits per heavy atom. The van der Waals surface area contributed by atoms with E-state index in [9.17, 15) is 0 Å². The number of rotatable bonds is 2. The molecule has 72 valence electrons. The summed E-state index contributed by atoms with van der Waals surface area (Å²) in [7, 11) is 0. The van der Waals surface area contributed by atoms with Crippen LogP contribution in [0.15, 0.2) is 18.3 Å². The largest absolute Gasteiger partial charge is 0.326 e. The Bertz CT molecular complexity index is 468. The lowest BCUT2D eigenvalue weighted by molar-refractivity contribution is 1.01. The summed E-state index contributed by atoms with van der Waals surface area (Å²) in [5.74, 6) is 0.731. The van der Waals surface area contributed by atoms with Gasteiger partial charge < -0.3 is 5.73 Å². The van der Waals surface area contributed by atoms with E-state index >= 15 is 0 Å². The quantitative estimate of drug-likeness (QED) is 0.754. The third-order valence-corrected chi connectivity index (χ3v) is 2.96. The van der Waals surface area contributed by atoms with Gasteiger partial charge in [-0.15, -0.1) is 0 Å². The third kappa shape index (κ3) is 1.06. The van der Waals surface area contributed by atoms with Crippen LogP contribution in [0.1, 0.15) is 29.9 Å². The zero-order chi connectivity index (χ0) is 9.54. The first-order chi connectivity index (χ1) is 6.90. The average Bonchev–Trinajstić information content (AvgIpc) is 2.93. The van der Waals surface area contributed by atoms with Crippen LogP contribution in [0.3, 0.4) is 0 Å². The van der Waals surface area contributed by atoms with Crippen molar-refractivity contribution in [2.24, 2.45) is 5.73 Å². The minimum Gasteiger partial charge on any atom is -0.326 e. The molecule has 0 unspecified atom stereocenters. The van der Waals surface area contributed by atoms with E-state index < -0.39 is 0 Å². The number of hydrogen-bond acceptors (Lipinski definition) is 2. The summed E-state index contributed by atoms with van der Waals surface area (Å²) in [5.41, 5.74) is 9.58. The van der Waals surface area contributed by atoms with Crippen LogP contribution in [0, 0.1) is 0 Å². The molecule has 0 bridgehead atoms. The van der Waals surface area contributed by atoms with Crippen LogP contribution in [0.2, 0.25) is 0 Å². The van der Waals surface area contributed by atoms with Crippen LogP contribution in [0.25, 0.3) is 10.9 Å². The van der Waals surface area contributed by atoms with Crippen molar-refractivity contribution in [2.75, 3.05) is 0 Å². The molecule has 3 rings (SSSR count). The fourth-order valence-corrected chi connectivity index (χ4v) is 2.12. The number of fused-ring (bicyclic) bond motifs is 1. The minimum absolute atomic E-state index is 0.632. The van der Waals surface area contributed by atoms with Crippen LogP contribution < -0.4 is 5.73 Å². The predicted molar refractivity (Wildman–Crippen MR) is 56.0 cm³/mol. The number of hydrogen-bond donors (Lipinski definition) is 2. The van der Waals surface area contributed by atoms with Crippen molar-refractivity contribution >= 4 is 10.9 Å². The van der Waals surface area contributed by atoms with E-state index in [4.69, 9.17) is 5.73 Å². The summed E-state index contributed by atoms with van der Waals surface area (Å²) in [6.45, 7) is 0.632. The Balaban J connectivity index is 2.31. The first-order valence-electron chi connectivity index (χ1n) is 5.05. The normalized spacial score (nSPS) is 16.4. The molecule has 0 aliphatic heterocycles. The molecule has 0 radical (unpaired) electrons. The van der Waals surface area contributed by atoms with Gasteiger partial charge in [0.1, 0.15) is 0 Å². The summed E-state index contributed by atoms with van der Waals surface area (Å²) < 4.78 is 0. The molecule has 1 saturated carbocycles. The lowest BCUT2D eigenvalue weighted by Gasteiger charge is -2.07. The van der Waals surface area contributed by atoms with Gasteiger partial charge in [-0.25, -0.2) is 0 Å². The van der Waals surface area contributed by atoms with E-state index in [1.807, 2.05) is 6.20 Å². The maximum Gasteiger partial charge on any atom is 0.0653 e. The summed E-state index contributed by atoms with van der Waals surface area (Å²) in [5, 5.41) is 8.34.